The maximum atomic E-state index is 6.12. The predicted octanol–water partition coefficient (Wildman–Crippen LogP) is 2.85. The third kappa shape index (κ3) is 2.21. The second-order valence-electron chi connectivity index (χ2n) is 5.11. The highest BCUT2D eigenvalue weighted by Gasteiger charge is 2.25. The van der Waals surface area contributed by atoms with Gasteiger partial charge in [-0.3, -0.25) is 4.98 Å². The van der Waals surface area contributed by atoms with Crippen LogP contribution in [0.1, 0.15) is 28.4 Å². The molecule has 1 aliphatic carbocycles. The molecule has 0 unspecified atom stereocenters. The number of rotatable bonds is 3. The van der Waals surface area contributed by atoms with Gasteiger partial charge in [-0.1, -0.05) is 11.2 Å². The lowest BCUT2D eigenvalue weighted by Crippen LogP contribution is -1.94. The molecule has 5 nitrogen and oxygen atoms in total. The molecule has 106 valence electrons. The summed E-state index contributed by atoms with van der Waals surface area (Å²) in [6.45, 7) is 0. The number of anilines is 1. The van der Waals surface area contributed by atoms with Gasteiger partial charge in [-0.2, -0.15) is 4.98 Å². The molecular weight excluding hydrogens is 284 g/mol. The Balaban J connectivity index is 1.66. The molecule has 3 heterocycles. The minimum absolute atomic E-state index is 0.540. The Morgan fingerprint density at radius 3 is 3.10 bits per heavy atom. The van der Waals surface area contributed by atoms with Gasteiger partial charge >= 0.3 is 0 Å². The molecule has 3 aromatic rings. The highest BCUT2D eigenvalue weighted by Crippen LogP contribution is 2.42. The third-order valence-electron chi connectivity index (χ3n) is 3.70. The smallest absolute Gasteiger partial charge is 0.261 e. The Labute approximate surface area is 125 Å². The maximum absolute atomic E-state index is 6.12. The van der Waals surface area contributed by atoms with Gasteiger partial charge in [0.15, 0.2) is 5.82 Å². The highest BCUT2D eigenvalue weighted by molar-refractivity contribution is 7.16. The second-order valence-corrected chi connectivity index (χ2v) is 6.25. The second kappa shape index (κ2) is 4.96. The van der Waals surface area contributed by atoms with Crippen LogP contribution in [0.3, 0.4) is 0 Å². The van der Waals surface area contributed by atoms with E-state index in [0.29, 0.717) is 18.1 Å². The summed E-state index contributed by atoms with van der Waals surface area (Å²) in [7, 11) is 0. The van der Waals surface area contributed by atoms with E-state index < -0.39 is 0 Å². The van der Waals surface area contributed by atoms with Gasteiger partial charge in [0.1, 0.15) is 0 Å². The average Bonchev–Trinajstić information content (AvgIpc) is 3.16. The fourth-order valence-corrected chi connectivity index (χ4v) is 3.90. The maximum Gasteiger partial charge on any atom is 0.261 e. The molecule has 0 amide bonds. The molecule has 0 aliphatic heterocycles. The standard InChI is InChI=1S/C15H14N4OS/c16-14-13(10-5-3-6-11(10)21-14)15-18-12(19-20-15)8-9-4-1-2-7-17-9/h1-2,4,7H,3,5-6,8,16H2. The first-order valence-corrected chi connectivity index (χ1v) is 7.76. The number of nitrogens with zero attached hydrogens (tertiary/aromatic N) is 3. The van der Waals surface area contributed by atoms with Crippen LogP contribution in [0.25, 0.3) is 11.5 Å². The van der Waals surface area contributed by atoms with Crippen LogP contribution in [-0.4, -0.2) is 15.1 Å². The van der Waals surface area contributed by atoms with Crippen molar-refractivity contribution in [1.29, 1.82) is 0 Å². The van der Waals surface area contributed by atoms with Crippen LogP contribution in [0.2, 0.25) is 0 Å². The molecule has 6 heteroatoms. The van der Waals surface area contributed by atoms with E-state index in [1.54, 1.807) is 17.5 Å². The van der Waals surface area contributed by atoms with E-state index in [-0.39, 0.29) is 0 Å². The quantitative estimate of drug-likeness (QED) is 0.804. The van der Waals surface area contributed by atoms with Gasteiger partial charge in [0.2, 0.25) is 0 Å². The number of hydrogen-bond donors (Lipinski definition) is 1. The Bertz CT molecular complexity index is 778. The predicted molar refractivity (Wildman–Crippen MR) is 81.1 cm³/mol. The largest absolute Gasteiger partial charge is 0.390 e. The lowest BCUT2D eigenvalue weighted by Gasteiger charge is -1.96. The third-order valence-corrected chi connectivity index (χ3v) is 4.82. The molecule has 4 rings (SSSR count). The first-order valence-electron chi connectivity index (χ1n) is 6.94. The van der Waals surface area contributed by atoms with Crippen LogP contribution in [0, 0.1) is 0 Å². The molecule has 3 aromatic heterocycles. The molecule has 0 saturated carbocycles. The molecule has 0 atom stereocenters. The molecule has 2 N–H and O–H groups in total. The molecule has 1 aliphatic rings. The Morgan fingerprint density at radius 1 is 1.29 bits per heavy atom. The molecule has 0 fully saturated rings. The fraction of sp³-hybridized carbons (Fsp3) is 0.267. The lowest BCUT2D eigenvalue weighted by atomic mass is 10.1. The molecule has 0 bridgehead atoms. The van der Waals surface area contributed by atoms with Gasteiger partial charge < -0.3 is 10.3 Å². The minimum Gasteiger partial charge on any atom is -0.390 e. The van der Waals surface area contributed by atoms with Crippen molar-refractivity contribution in [3.63, 3.8) is 0 Å². The highest BCUT2D eigenvalue weighted by atomic mass is 32.1. The summed E-state index contributed by atoms with van der Waals surface area (Å²) in [6, 6.07) is 5.79. The summed E-state index contributed by atoms with van der Waals surface area (Å²) in [5.41, 5.74) is 9.30. The van der Waals surface area contributed by atoms with Crippen LogP contribution < -0.4 is 5.73 Å². The number of fused-ring (bicyclic) bond motifs is 1. The van der Waals surface area contributed by atoms with Crippen molar-refractivity contribution in [1.82, 2.24) is 15.1 Å². The monoisotopic (exact) mass is 298 g/mol. The van der Waals surface area contributed by atoms with Crippen molar-refractivity contribution in [3.05, 3.63) is 46.4 Å². The summed E-state index contributed by atoms with van der Waals surface area (Å²) in [5.74, 6) is 1.18. The number of nitrogens with two attached hydrogens (primary N) is 1. The van der Waals surface area contributed by atoms with Crippen molar-refractivity contribution in [3.8, 4) is 11.5 Å². The van der Waals surface area contributed by atoms with Crippen molar-refractivity contribution in [2.75, 3.05) is 5.73 Å². The number of aryl methyl sites for hydroxylation is 1. The summed E-state index contributed by atoms with van der Waals surface area (Å²) in [5, 5.41) is 4.84. The Hall–Kier alpha value is -2.21. The lowest BCUT2D eigenvalue weighted by molar-refractivity contribution is 0.423. The normalized spacial score (nSPS) is 13.5. The van der Waals surface area contributed by atoms with Crippen LogP contribution in [0.15, 0.2) is 28.9 Å². The van der Waals surface area contributed by atoms with Gasteiger partial charge in [0.25, 0.3) is 5.89 Å². The Kier molecular flexibility index (Phi) is 2.96. The van der Waals surface area contributed by atoms with Crippen LogP contribution in [0.4, 0.5) is 5.00 Å². The van der Waals surface area contributed by atoms with Crippen LogP contribution in [0.5, 0.6) is 0 Å². The summed E-state index contributed by atoms with van der Waals surface area (Å²) >= 11 is 1.65. The fourth-order valence-electron chi connectivity index (χ4n) is 2.75. The number of thiophene rings is 1. The van der Waals surface area contributed by atoms with Gasteiger partial charge in [0, 0.05) is 16.8 Å². The van der Waals surface area contributed by atoms with Crippen molar-refractivity contribution >= 4 is 16.3 Å². The average molecular weight is 298 g/mol. The van der Waals surface area contributed by atoms with E-state index in [9.17, 15) is 0 Å². The zero-order chi connectivity index (χ0) is 14.2. The Morgan fingerprint density at radius 2 is 2.24 bits per heavy atom. The van der Waals surface area contributed by atoms with E-state index >= 15 is 0 Å². The van der Waals surface area contributed by atoms with E-state index in [2.05, 4.69) is 15.1 Å². The molecule has 0 saturated heterocycles. The minimum atomic E-state index is 0.540. The molecule has 21 heavy (non-hydrogen) atoms. The summed E-state index contributed by atoms with van der Waals surface area (Å²) in [6.07, 6.45) is 5.68. The van der Waals surface area contributed by atoms with Crippen LogP contribution >= 0.6 is 11.3 Å². The van der Waals surface area contributed by atoms with E-state index in [1.165, 1.54) is 16.9 Å². The SMILES string of the molecule is Nc1sc2c(c1-c1nc(Cc3ccccn3)no1)CCC2. The number of nitrogen functional groups attached to an aromatic ring is 1. The van der Waals surface area contributed by atoms with Gasteiger partial charge in [-0.05, 0) is 37.0 Å². The number of hydrogen-bond acceptors (Lipinski definition) is 6. The number of pyridine rings is 1. The molecular formula is C15H14N4OS. The van der Waals surface area contributed by atoms with E-state index in [0.717, 1.165) is 29.1 Å². The van der Waals surface area contributed by atoms with Gasteiger partial charge in [0.05, 0.1) is 17.0 Å². The van der Waals surface area contributed by atoms with Gasteiger partial charge in [-0.25, -0.2) is 0 Å². The van der Waals surface area contributed by atoms with Crippen LogP contribution in [-0.2, 0) is 19.3 Å². The zero-order valence-corrected chi connectivity index (χ0v) is 12.2. The first-order chi connectivity index (χ1) is 10.3. The van der Waals surface area contributed by atoms with Crippen molar-refractivity contribution < 1.29 is 4.52 Å². The van der Waals surface area contributed by atoms with E-state index in [1.807, 2.05) is 18.2 Å². The first kappa shape index (κ1) is 12.5. The summed E-state index contributed by atoms with van der Waals surface area (Å²) < 4.78 is 5.43. The van der Waals surface area contributed by atoms with Crippen molar-refractivity contribution in [2.45, 2.75) is 25.7 Å². The van der Waals surface area contributed by atoms with Crippen molar-refractivity contribution in [2.24, 2.45) is 0 Å². The number of aromatic nitrogens is 3. The molecule has 0 spiro atoms. The van der Waals surface area contributed by atoms with Gasteiger partial charge in [-0.15, -0.1) is 11.3 Å². The molecule has 0 aromatic carbocycles. The summed E-state index contributed by atoms with van der Waals surface area (Å²) in [4.78, 5) is 10.1. The topological polar surface area (TPSA) is 77.8 Å². The zero-order valence-electron chi connectivity index (χ0n) is 11.4. The van der Waals surface area contributed by atoms with E-state index in [4.69, 9.17) is 10.3 Å². The molecule has 0 radical (unpaired) electrons.